The number of sulfonamides is 1. The zero-order valence-corrected chi connectivity index (χ0v) is 16.7. The van der Waals surface area contributed by atoms with E-state index in [-0.39, 0.29) is 17.3 Å². The van der Waals surface area contributed by atoms with E-state index in [1.54, 1.807) is 30.9 Å². The van der Waals surface area contributed by atoms with Crippen LogP contribution in [0.1, 0.15) is 35.3 Å². The van der Waals surface area contributed by atoms with Crippen molar-refractivity contribution in [2.24, 2.45) is 5.41 Å². The van der Waals surface area contributed by atoms with Crippen LogP contribution in [0, 0.1) is 5.41 Å². The molecule has 2 aliphatic rings. The van der Waals surface area contributed by atoms with Crippen molar-refractivity contribution in [2.45, 2.75) is 26.8 Å². The number of anilines is 1. The second kappa shape index (κ2) is 6.44. The van der Waals surface area contributed by atoms with Gasteiger partial charge in [-0.05, 0) is 55.7 Å². The van der Waals surface area contributed by atoms with Crippen molar-refractivity contribution in [3.8, 4) is 0 Å². The number of rotatable bonds is 2. The summed E-state index contributed by atoms with van der Waals surface area (Å²) >= 11 is 0. The average molecular weight is 398 g/mol. The first-order chi connectivity index (χ1) is 13.2. The van der Waals surface area contributed by atoms with E-state index in [1.807, 2.05) is 18.2 Å². The molecular formula is C21H22N2O4S. The topological polar surface area (TPSA) is 74.8 Å². The first kappa shape index (κ1) is 18.7. The van der Waals surface area contributed by atoms with Gasteiger partial charge in [-0.1, -0.05) is 24.3 Å². The number of carbonyl (C=O) groups is 2. The minimum atomic E-state index is -3.70. The van der Waals surface area contributed by atoms with Gasteiger partial charge in [0.05, 0.1) is 16.9 Å². The highest BCUT2D eigenvalue weighted by atomic mass is 32.2. The van der Waals surface area contributed by atoms with E-state index in [0.717, 1.165) is 16.3 Å². The molecule has 2 amide bonds. The van der Waals surface area contributed by atoms with E-state index in [2.05, 4.69) is 6.07 Å². The summed E-state index contributed by atoms with van der Waals surface area (Å²) in [6.07, 6.45) is 0.815. The second-order valence-electron chi connectivity index (χ2n) is 8.00. The number of hydrogen-bond donors (Lipinski definition) is 0. The SMILES string of the molecule is CC1(C)CS(=O)(=O)N(c2ccc(C(=O)N3CCc4ccccc4C3)cc2)C1=O. The van der Waals surface area contributed by atoms with Gasteiger partial charge in [-0.2, -0.15) is 0 Å². The molecule has 0 spiro atoms. The summed E-state index contributed by atoms with van der Waals surface area (Å²) in [5.41, 5.74) is 2.22. The molecule has 2 heterocycles. The molecule has 1 saturated heterocycles. The highest BCUT2D eigenvalue weighted by molar-refractivity contribution is 7.94. The summed E-state index contributed by atoms with van der Waals surface area (Å²) in [6.45, 7) is 4.45. The van der Waals surface area contributed by atoms with Gasteiger partial charge in [0.15, 0.2) is 0 Å². The van der Waals surface area contributed by atoms with Crippen molar-refractivity contribution in [2.75, 3.05) is 16.6 Å². The predicted octanol–water partition coefficient (Wildman–Crippen LogP) is 2.59. The Morgan fingerprint density at radius 2 is 1.64 bits per heavy atom. The Labute approximate surface area is 164 Å². The van der Waals surface area contributed by atoms with Crippen LogP contribution in [0.5, 0.6) is 0 Å². The molecular weight excluding hydrogens is 376 g/mol. The lowest BCUT2D eigenvalue weighted by Gasteiger charge is -2.29. The molecule has 4 rings (SSSR count). The van der Waals surface area contributed by atoms with E-state index >= 15 is 0 Å². The summed E-state index contributed by atoms with van der Waals surface area (Å²) in [4.78, 5) is 27.2. The van der Waals surface area contributed by atoms with Crippen LogP contribution < -0.4 is 4.31 Å². The molecule has 28 heavy (non-hydrogen) atoms. The maximum Gasteiger partial charge on any atom is 0.254 e. The van der Waals surface area contributed by atoms with E-state index in [4.69, 9.17) is 0 Å². The molecule has 0 atom stereocenters. The lowest BCUT2D eigenvalue weighted by atomic mass is 9.95. The molecule has 0 aliphatic carbocycles. The molecule has 2 aromatic rings. The van der Waals surface area contributed by atoms with Gasteiger partial charge in [0.25, 0.3) is 5.91 Å². The van der Waals surface area contributed by atoms with Crippen LogP contribution >= 0.6 is 0 Å². The third-order valence-electron chi connectivity index (χ3n) is 5.35. The molecule has 6 nitrogen and oxygen atoms in total. The van der Waals surface area contributed by atoms with E-state index < -0.39 is 21.3 Å². The van der Waals surface area contributed by atoms with E-state index in [9.17, 15) is 18.0 Å². The van der Waals surface area contributed by atoms with Gasteiger partial charge in [-0.15, -0.1) is 0 Å². The summed E-state index contributed by atoms with van der Waals surface area (Å²) in [5, 5.41) is 0. The zero-order chi connectivity index (χ0) is 20.1. The molecule has 2 aromatic carbocycles. The number of carbonyl (C=O) groups excluding carboxylic acids is 2. The molecule has 0 N–H and O–H groups in total. The highest BCUT2D eigenvalue weighted by Crippen LogP contribution is 2.35. The van der Waals surface area contributed by atoms with Crippen LogP contribution in [0.4, 0.5) is 5.69 Å². The van der Waals surface area contributed by atoms with Crippen LogP contribution in [-0.4, -0.2) is 37.4 Å². The van der Waals surface area contributed by atoms with Crippen LogP contribution in [0.25, 0.3) is 0 Å². The summed E-state index contributed by atoms with van der Waals surface area (Å²) in [5.74, 6) is -0.761. The molecule has 0 radical (unpaired) electrons. The summed E-state index contributed by atoms with van der Waals surface area (Å²) in [7, 11) is -3.70. The van der Waals surface area contributed by atoms with Crippen LogP contribution in [0.3, 0.4) is 0 Å². The summed E-state index contributed by atoms with van der Waals surface area (Å²) < 4.78 is 25.7. The van der Waals surface area contributed by atoms with Gasteiger partial charge in [0, 0.05) is 18.7 Å². The largest absolute Gasteiger partial charge is 0.334 e. The lowest BCUT2D eigenvalue weighted by Crippen LogP contribution is -2.36. The standard InChI is InChI=1S/C21H22N2O4S/c1-21(2)14-28(26,27)23(20(21)25)18-9-7-16(8-10-18)19(24)22-12-11-15-5-3-4-6-17(15)13-22/h3-10H,11-14H2,1-2H3. The monoisotopic (exact) mass is 398 g/mol. The van der Waals surface area contributed by atoms with Crippen LogP contribution in [0.2, 0.25) is 0 Å². The summed E-state index contributed by atoms with van der Waals surface area (Å²) in [6, 6.07) is 14.3. The number of hydrogen-bond acceptors (Lipinski definition) is 4. The predicted molar refractivity (Wildman–Crippen MR) is 106 cm³/mol. The lowest BCUT2D eigenvalue weighted by molar-refractivity contribution is -0.123. The van der Waals surface area contributed by atoms with E-state index in [1.165, 1.54) is 17.7 Å². The van der Waals surface area contributed by atoms with Crippen molar-refractivity contribution in [3.63, 3.8) is 0 Å². The Morgan fingerprint density at radius 1 is 1.00 bits per heavy atom. The van der Waals surface area contributed by atoms with Gasteiger partial charge in [-0.25, -0.2) is 12.7 Å². The molecule has 0 saturated carbocycles. The van der Waals surface area contributed by atoms with Gasteiger partial charge in [0.2, 0.25) is 15.9 Å². The van der Waals surface area contributed by atoms with Crippen molar-refractivity contribution in [1.82, 2.24) is 4.90 Å². The normalized spacial score (nSPS) is 20.1. The molecule has 2 aliphatic heterocycles. The first-order valence-electron chi connectivity index (χ1n) is 9.23. The fraction of sp³-hybridized carbons (Fsp3) is 0.333. The van der Waals surface area contributed by atoms with Gasteiger partial charge >= 0.3 is 0 Å². The quantitative estimate of drug-likeness (QED) is 0.779. The fourth-order valence-electron chi connectivity index (χ4n) is 3.85. The highest BCUT2D eigenvalue weighted by Gasteiger charge is 2.49. The number of benzene rings is 2. The van der Waals surface area contributed by atoms with E-state index in [0.29, 0.717) is 18.7 Å². The Morgan fingerprint density at radius 3 is 2.25 bits per heavy atom. The zero-order valence-electron chi connectivity index (χ0n) is 15.9. The minimum absolute atomic E-state index is 0.100. The fourth-order valence-corrected chi connectivity index (χ4v) is 5.96. The third-order valence-corrected chi connectivity index (χ3v) is 7.37. The Balaban J connectivity index is 1.56. The molecule has 0 unspecified atom stereocenters. The van der Waals surface area contributed by atoms with Crippen molar-refractivity contribution in [3.05, 3.63) is 65.2 Å². The Bertz CT molecular complexity index is 1060. The van der Waals surface area contributed by atoms with Crippen molar-refractivity contribution in [1.29, 1.82) is 0 Å². The Kier molecular flexibility index (Phi) is 4.30. The van der Waals surface area contributed by atoms with Crippen LogP contribution in [0.15, 0.2) is 48.5 Å². The van der Waals surface area contributed by atoms with Gasteiger partial charge in [0.1, 0.15) is 0 Å². The Hall–Kier alpha value is -2.67. The second-order valence-corrected chi connectivity index (χ2v) is 9.82. The third kappa shape index (κ3) is 3.09. The average Bonchev–Trinajstić information content (AvgIpc) is 2.83. The first-order valence-corrected chi connectivity index (χ1v) is 10.8. The molecule has 1 fully saturated rings. The number of amides is 2. The van der Waals surface area contributed by atoms with Crippen LogP contribution in [-0.2, 0) is 27.8 Å². The van der Waals surface area contributed by atoms with Crippen molar-refractivity contribution < 1.29 is 18.0 Å². The number of nitrogens with zero attached hydrogens (tertiary/aromatic N) is 2. The molecule has 0 aromatic heterocycles. The molecule has 146 valence electrons. The molecule has 0 bridgehead atoms. The number of fused-ring (bicyclic) bond motifs is 1. The van der Waals surface area contributed by atoms with Gasteiger partial charge in [-0.3, -0.25) is 9.59 Å². The minimum Gasteiger partial charge on any atom is -0.334 e. The smallest absolute Gasteiger partial charge is 0.254 e. The maximum absolute atomic E-state index is 12.9. The van der Waals surface area contributed by atoms with Crippen molar-refractivity contribution >= 4 is 27.5 Å². The molecule has 7 heteroatoms. The van der Waals surface area contributed by atoms with Gasteiger partial charge < -0.3 is 4.90 Å². The maximum atomic E-state index is 12.9.